The summed E-state index contributed by atoms with van der Waals surface area (Å²) in [6.45, 7) is 5.63. The van der Waals surface area contributed by atoms with Crippen LogP contribution in [-0.4, -0.2) is 64.1 Å². The summed E-state index contributed by atoms with van der Waals surface area (Å²) in [5, 5.41) is 3.23. The Morgan fingerprint density at radius 2 is 1.70 bits per heavy atom. The summed E-state index contributed by atoms with van der Waals surface area (Å²) in [5.74, 6) is 1.96. The van der Waals surface area contributed by atoms with Crippen LogP contribution in [0.1, 0.15) is 6.42 Å². The van der Waals surface area contributed by atoms with E-state index in [0.29, 0.717) is 17.6 Å². The van der Waals surface area contributed by atoms with Gasteiger partial charge in [-0.25, -0.2) is 19.3 Å². The van der Waals surface area contributed by atoms with E-state index in [2.05, 4.69) is 35.1 Å². The van der Waals surface area contributed by atoms with Crippen LogP contribution in [0.15, 0.2) is 55.0 Å². The number of ether oxygens (including phenoxy) is 1. The maximum absolute atomic E-state index is 13.0. The highest BCUT2D eigenvalue weighted by molar-refractivity contribution is 5.31. The van der Waals surface area contributed by atoms with Crippen molar-refractivity contribution in [3.05, 3.63) is 60.8 Å². The van der Waals surface area contributed by atoms with Gasteiger partial charge in [-0.3, -0.25) is 4.90 Å². The number of hydrogen-bond acceptors (Lipinski definition) is 8. The van der Waals surface area contributed by atoms with Gasteiger partial charge in [-0.1, -0.05) is 0 Å². The summed E-state index contributed by atoms with van der Waals surface area (Å²) in [6, 6.07) is 9.33. The molecule has 1 saturated heterocycles. The molecule has 8 nitrogen and oxygen atoms in total. The lowest BCUT2D eigenvalue weighted by Crippen LogP contribution is -2.47. The van der Waals surface area contributed by atoms with E-state index in [-0.39, 0.29) is 5.82 Å². The van der Waals surface area contributed by atoms with Crippen LogP contribution in [0.3, 0.4) is 0 Å². The Balaban J connectivity index is 1.18. The zero-order valence-electron chi connectivity index (χ0n) is 16.6. The maximum Gasteiger partial charge on any atom is 0.225 e. The van der Waals surface area contributed by atoms with Crippen molar-refractivity contribution in [3.63, 3.8) is 0 Å². The summed E-state index contributed by atoms with van der Waals surface area (Å²) >= 11 is 0. The largest absolute Gasteiger partial charge is 0.439 e. The highest BCUT2D eigenvalue weighted by Crippen LogP contribution is 2.20. The van der Waals surface area contributed by atoms with Crippen LogP contribution in [0.25, 0.3) is 0 Å². The van der Waals surface area contributed by atoms with E-state index >= 15 is 0 Å². The Bertz CT molecular complexity index is 918. The first kappa shape index (κ1) is 20.0. The van der Waals surface area contributed by atoms with Gasteiger partial charge in [-0.2, -0.15) is 4.98 Å². The zero-order valence-corrected chi connectivity index (χ0v) is 16.6. The Morgan fingerprint density at radius 1 is 0.933 bits per heavy atom. The second-order valence-corrected chi connectivity index (χ2v) is 6.93. The van der Waals surface area contributed by atoms with Gasteiger partial charge in [0.15, 0.2) is 0 Å². The van der Waals surface area contributed by atoms with Crippen molar-refractivity contribution in [3.8, 4) is 11.6 Å². The number of nitrogens with zero attached hydrogens (tertiary/aromatic N) is 6. The summed E-state index contributed by atoms with van der Waals surface area (Å²) in [6.07, 6.45) is 6.18. The lowest BCUT2D eigenvalue weighted by atomic mass is 10.3. The van der Waals surface area contributed by atoms with Crippen molar-refractivity contribution in [1.82, 2.24) is 24.8 Å². The molecule has 1 aliphatic heterocycles. The molecule has 0 bridgehead atoms. The van der Waals surface area contributed by atoms with Gasteiger partial charge in [0, 0.05) is 57.4 Å². The number of anilines is 2. The molecule has 9 heteroatoms. The first-order valence-corrected chi connectivity index (χ1v) is 10.0. The van der Waals surface area contributed by atoms with E-state index in [1.165, 1.54) is 12.1 Å². The number of nitrogens with one attached hydrogen (secondary N) is 1. The van der Waals surface area contributed by atoms with E-state index in [0.717, 1.165) is 51.6 Å². The fourth-order valence-corrected chi connectivity index (χ4v) is 3.24. The first-order valence-electron chi connectivity index (χ1n) is 10.0. The van der Waals surface area contributed by atoms with Crippen molar-refractivity contribution in [2.45, 2.75) is 6.42 Å². The van der Waals surface area contributed by atoms with Crippen molar-refractivity contribution in [2.24, 2.45) is 0 Å². The predicted octanol–water partition coefficient (Wildman–Crippen LogP) is 2.82. The molecule has 0 saturated carbocycles. The van der Waals surface area contributed by atoms with Crippen LogP contribution >= 0.6 is 0 Å². The molecular weight excluding hydrogens is 385 g/mol. The van der Waals surface area contributed by atoms with Gasteiger partial charge in [0.05, 0.1) is 0 Å². The van der Waals surface area contributed by atoms with Gasteiger partial charge in [-0.15, -0.1) is 0 Å². The van der Waals surface area contributed by atoms with Gasteiger partial charge in [0.1, 0.15) is 11.6 Å². The Morgan fingerprint density at radius 3 is 2.47 bits per heavy atom. The molecule has 3 heterocycles. The smallest absolute Gasteiger partial charge is 0.225 e. The molecule has 156 valence electrons. The molecule has 0 spiro atoms. The lowest BCUT2D eigenvalue weighted by Gasteiger charge is -2.34. The third-order valence-electron chi connectivity index (χ3n) is 4.81. The highest BCUT2D eigenvalue weighted by Gasteiger charge is 2.18. The topological polar surface area (TPSA) is 79.3 Å². The van der Waals surface area contributed by atoms with Gasteiger partial charge in [0.2, 0.25) is 17.8 Å². The highest BCUT2D eigenvalue weighted by atomic mass is 19.1. The van der Waals surface area contributed by atoms with Crippen LogP contribution in [0.4, 0.5) is 16.3 Å². The van der Waals surface area contributed by atoms with Crippen molar-refractivity contribution in [2.75, 3.05) is 49.5 Å². The lowest BCUT2D eigenvalue weighted by molar-refractivity contribution is 0.256. The minimum absolute atomic E-state index is 0.304. The summed E-state index contributed by atoms with van der Waals surface area (Å²) in [5.41, 5.74) is 0. The normalized spacial score (nSPS) is 14.5. The Kier molecular flexibility index (Phi) is 6.61. The van der Waals surface area contributed by atoms with E-state index < -0.39 is 0 Å². The van der Waals surface area contributed by atoms with Crippen LogP contribution in [-0.2, 0) is 0 Å². The van der Waals surface area contributed by atoms with E-state index in [1.54, 1.807) is 36.8 Å². The Labute approximate surface area is 174 Å². The molecule has 1 fully saturated rings. The fourth-order valence-electron chi connectivity index (χ4n) is 3.24. The molecule has 0 amide bonds. The minimum Gasteiger partial charge on any atom is -0.439 e. The zero-order chi connectivity index (χ0) is 20.6. The number of rotatable bonds is 8. The molecule has 0 unspecified atom stereocenters. The Hall–Kier alpha value is -3.33. The maximum atomic E-state index is 13.0. The summed E-state index contributed by atoms with van der Waals surface area (Å²) in [7, 11) is 0. The monoisotopic (exact) mass is 409 g/mol. The third kappa shape index (κ3) is 5.60. The molecule has 0 atom stereocenters. The number of hydrogen-bond donors (Lipinski definition) is 1. The number of aromatic nitrogens is 4. The number of halogens is 1. The van der Waals surface area contributed by atoms with Crippen molar-refractivity contribution >= 4 is 11.9 Å². The molecule has 3 aromatic rings. The molecule has 0 aliphatic carbocycles. The van der Waals surface area contributed by atoms with Crippen molar-refractivity contribution < 1.29 is 9.13 Å². The van der Waals surface area contributed by atoms with E-state index in [4.69, 9.17) is 4.74 Å². The molecular formula is C21H24FN7O. The third-order valence-corrected chi connectivity index (χ3v) is 4.81. The van der Waals surface area contributed by atoms with Crippen LogP contribution in [0.2, 0.25) is 0 Å². The van der Waals surface area contributed by atoms with Crippen molar-refractivity contribution in [1.29, 1.82) is 0 Å². The average Bonchev–Trinajstić information content (AvgIpc) is 2.80. The second kappa shape index (κ2) is 9.93. The molecule has 1 N–H and O–H groups in total. The molecule has 30 heavy (non-hydrogen) atoms. The standard InChI is InChI=1S/C21H24FN7O/c22-17-3-5-18(6-4-17)30-19-7-11-24-20(27-19)23-10-2-12-28-13-15-29(16-14-28)21-25-8-1-9-26-21/h1,3-9,11H,2,10,12-16H2,(H,23,24,27). The van der Waals surface area contributed by atoms with Gasteiger partial charge < -0.3 is 15.0 Å². The number of piperazine rings is 1. The summed E-state index contributed by atoms with van der Waals surface area (Å²) < 4.78 is 18.6. The quantitative estimate of drug-likeness (QED) is 0.569. The SMILES string of the molecule is Fc1ccc(Oc2ccnc(NCCCN3CCN(c4ncccn4)CC3)n2)cc1. The van der Waals surface area contributed by atoms with Gasteiger partial charge in [0.25, 0.3) is 0 Å². The van der Waals surface area contributed by atoms with Crippen LogP contribution in [0, 0.1) is 5.82 Å². The molecule has 1 aliphatic rings. The summed E-state index contributed by atoms with van der Waals surface area (Å²) in [4.78, 5) is 21.9. The fraction of sp³-hybridized carbons (Fsp3) is 0.333. The van der Waals surface area contributed by atoms with Crippen LogP contribution in [0.5, 0.6) is 11.6 Å². The van der Waals surface area contributed by atoms with Gasteiger partial charge in [-0.05, 0) is 43.3 Å². The van der Waals surface area contributed by atoms with Gasteiger partial charge >= 0.3 is 0 Å². The average molecular weight is 409 g/mol. The first-order chi connectivity index (χ1) is 14.8. The molecule has 1 aromatic carbocycles. The van der Waals surface area contributed by atoms with E-state index in [9.17, 15) is 4.39 Å². The predicted molar refractivity (Wildman–Crippen MR) is 112 cm³/mol. The molecule has 4 rings (SSSR count). The molecule has 2 aromatic heterocycles. The second-order valence-electron chi connectivity index (χ2n) is 6.93. The van der Waals surface area contributed by atoms with Crippen LogP contribution < -0.4 is 15.0 Å². The number of benzene rings is 1. The molecule has 0 radical (unpaired) electrons. The van der Waals surface area contributed by atoms with E-state index in [1.807, 2.05) is 6.07 Å². The minimum atomic E-state index is -0.304.